The summed E-state index contributed by atoms with van der Waals surface area (Å²) in [6.07, 6.45) is 3.06. The smallest absolute Gasteiger partial charge is 0.330 e. The van der Waals surface area contributed by atoms with Gasteiger partial charge in [0, 0.05) is 49.8 Å². The van der Waals surface area contributed by atoms with E-state index < -0.39 is 5.97 Å². The lowest BCUT2D eigenvalue weighted by Gasteiger charge is -2.24. The van der Waals surface area contributed by atoms with Crippen molar-refractivity contribution in [3.63, 3.8) is 0 Å². The topological polar surface area (TPSA) is 61.9 Å². The van der Waals surface area contributed by atoms with Crippen LogP contribution in [0.4, 0.5) is 17.1 Å². The average molecular weight is 570 g/mol. The summed E-state index contributed by atoms with van der Waals surface area (Å²) in [5.74, 6) is -0.551. The standard InChI is InChI=1S/C37H35N3O3/c1-38-33-18-15-30-23-32(14-13-31(30)24-33)37(42)40(35-7-5-6-26(22-35)10-21-36(41)43-4)25-27-8-11-28(12-9-27)29-16-19-34(20-17-29)39(2)3/h5-24,38H,25H2,1-4H3/b21-10+. The van der Waals surface area contributed by atoms with Gasteiger partial charge in [-0.2, -0.15) is 0 Å². The van der Waals surface area contributed by atoms with E-state index in [1.54, 1.807) is 11.0 Å². The summed E-state index contributed by atoms with van der Waals surface area (Å²) < 4.78 is 4.74. The van der Waals surface area contributed by atoms with Gasteiger partial charge in [-0.15, -0.1) is 0 Å². The zero-order valence-electron chi connectivity index (χ0n) is 24.9. The summed E-state index contributed by atoms with van der Waals surface area (Å²) in [5.41, 5.74) is 7.51. The maximum atomic E-state index is 14.1. The quantitative estimate of drug-likeness (QED) is 0.146. The monoisotopic (exact) mass is 569 g/mol. The van der Waals surface area contributed by atoms with Crippen LogP contribution in [0.5, 0.6) is 0 Å². The van der Waals surface area contributed by atoms with E-state index in [2.05, 4.69) is 64.8 Å². The Morgan fingerprint density at radius 2 is 1.44 bits per heavy atom. The number of amides is 1. The number of nitrogens with zero attached hydrogens (tertiary/aromatic N) is 2. The van der Waals surface area contributed by atoms with Crippen molar-refractivity contribution in [3.8, 4) is 11.1 Å². The molecular formula is C37H35N3O3. The van der Waals surface area contributed by atoms with E-state index in [0.717, 1.165) is 50.1 Å². The van der Waals surface area contributed by atoms with Crippen LogP contribution in [0.15, 0.2) is 115 Å². The Balaban J connectivity index is 1.47. The minimum Gasteiger partial charge on any atom is -0.466 e. The van der Waals surface area contributed by atoms with E-state index in [0.29, 0.717) is 12.1 Å². The molecule has 0 fully saturated rings. The number of rotatable bonds is 9. The SMILES string of the molecule is CNc1ccc2cc(C(=O)N(Cc3ccc(-c4ccc(N(C)C)cc4)cc3)c3cccc(/C=C/C(=O)OC)c3)ccc2c1. The molecular weight excluding hydrogens is 534 g/mol. The number of carbonyl (C=O) groups is 2. The number of hydrogen-bond acceptors (Lipinski definition) is 5. The summed E-state index contributed by atoms with van der Waals surface area (Å²) in [6, 6.07) is 36.2. The molecule has 1 amide bonds. The lowest BCUT2D eigenvalue weighted by Crippen LogP contribution is -2.30. The number of methoxy groups -OCH3 is 1. The average Bonchev–Trinajstić information content (AvgIpc) is 3.05. The Hall–Kier alpha value is -5.36. The maximum Gasteiger partial charge on any atom is 0.330 e. The van der Waals surface area contributed by atoms with Crippen molar-refractivity contribution in [2.45, 2.75) is 6.54 Å². The Morgan fingerprint density at radius 3 is 2.12 bits per heavy atom. The van der Waals surface area contributed by atoms with Gasteiger partial charge in [0.15, 0.2) is 0 Å². The molecule has 0 aliphatic carbocycles. The molecule has 0 saturated heterocycles. The molecule has 5 aromatic rings. The number of carbonyl (C=O) groups excluding carboxylic acids is 2. The number of fused-ring (bicyclic) bond motifs is 1. The fourth-order valence-corrected chi connectivity index (χ4v) is 4.94. The highest BCUT2D eigenvalue weighted by Gasteiger charge is 2.19. The minimum atomic E-state index is -0.438. The van der Waals surface area contributed by atoms with Gasteiger partial charge < -0.3 is 19.9 Å². The third-order valence-electron chi connectivity index (χ3n) is 7.43. The highest BCUT2D eigenvalue weighted by Crippen LogP contribution is 2.27. The molecule has 0 heterocycles. The van der Waals surface area contributed by atoms with Crippen LogP contribution in [0, 0.1) is 0 Å². The zero-order valence-corrected chi connectivity index (χ0v) is 24.9. The number of anilines is 3. The first-order valence-electron chi connectivity index (χ1n) is 14.1. The van der Waals surface area contributed by atoms with Crippen LogP contribution >= 0.6 is 0 Å². The predicted octanol–water partition coefficient (Wildman–Crippen LogP) is 7.65. The van der Waals surface area contributed by atoms with Crippen molar-refractivity contribution in [1.82, 2.24) is 0 Å². The molecule has 6 heteroatoms. The van der Waals surface area contributed by atoms with Gasteiger partial charge in [-0.25, -0.2) is 4.79 Å². The van der Waals surface area contributed by atoms with E-state index in [4.69, 9.17) is 4.74 Å². The van der Waals surface area contributed by atoms with Gasteiger partial charge in [0.05, 0.1) is 13.7 Å². The minimum absolute atomic E-state index is 0.114. The Kier molecular flexibility index (Phi) is 8.87. The molecule has 43 heavy (non-hydrogen) atoms. The van der Waals surface area contributed by atoms with Crippen LogP contribution in [-0.2, 0) is 16.1 Å². The number of esters is 1. The molecule has 0 radical (unpaired) electrons. The number of ether oxygens (including phenoxy) is 1. The largest absolute Gasteiger partial charge is 0.466 e. The highest BCUT2D eigenvalue weighted by molar-refractivity contribution is 6.08. The summed E-state index contributed by atoms with van der Waals surface area (Å²) in [4.78, 5) is 29.7. The van der Waals surface area contributed by atoms with Gasteiger partial charge in [0.25, 0.3) is 5.91 Å². The van der Waals surface area contributed by atoms with Crippen LogP contribution in [-0.4, -0.2) is 40.1 Å². The van der Waals surface area contributed by atoms with Gasteiger partial charge in [-0.05, 0) is 87.6 Å². The summed E-state index contributed by atoms with van der Waals surface area (Å²) >= 11 is 0. The Morgan fingerprint density at radius 1 is 0.767 bits per heavy atom. The van der Waals surface area contributed by atoms with E-state index >= 15 is 0 Å². The first-order chi connectivity index (χ1) is 20.8. The molecule has 5 aromatic carbocycles. The van der Waals surface area contributed by atoms with Crippen LogP contribution < -0.4 is 15.1 Å². The van der Waals surface area contributed by atoms with E-state index in [9.17, 15) is 9.59 Å². The summed E-state index contributed by atoms with van der Waals surface area (Å²) in [7, 11) is 7.29. The lowest BCUT2D eigenvalue weighted by atomic mass is 10.0. The van der Waals surface area contributed by atoms with Crippen molar-refractivity contribution in [2.24, 2.45) is 0 Å². The maximum absolute atomic E-state index is 14.1. The molecule has 0 saturated carbocycles. The second-order valence-corrected chi connectivity index (χ2v) is 10.5. The fourth-order valence-electron chi connectivity index (χ4n) is 4.94. The molecule has 6 nitrogen and oxygen atoms in total. The van der Waals surface area contributed by atoms with Crippen molar-refractivity contribution < 1.29 is 14.3 Å². The second-order valence-electron chi connectivity index (χ2n) is 10.5. The molecule has 0 bridgehead atoms. The summed E-state index contributed by atoms with van der Waals surface area (Å²) in [6.45, 7) is 0.375. The number of hydrogen-bond donors (Lipinski definition) is 1. The number of benzene rings is 5. The molecule has 1 N–H and O–H groups in total. The van der Waals surface area contributed by atoms with Crippen molar-refractivity contribution in [1.29, 1.82) is 0 Å². The van der Waals surface area contributed by atoms with Gasteiger partial charge in [0.1, 0.15) is 0 Å². The molecule has 216 valence electrons. The van der Waals surface area contributed by atoms with Gasteiger partial charge in [-0.1, -0.05) is 60.7 Å². The Bertz CT molecular complexity index is 1770. The summed E-state index contributed by atoms with van der Waals surface area (Å²) in [5, 5.41) is 5.20. The van der Waals surface area contributed by atoms with Crippen LogP contribution in [0.3, 0.4) is 0 Å². The second kappa shape index (κ2) is 13.1. The van der Waals surface area contributed by atoms with Crippen LogP contribution in [0.1, 0.15) is 21.5 Å². The first kappa shape index (κ1) is 29.1. The van der Waals surface area contributed by atoms with Crippen molar-refractivity contribution in [3.05, 3.63) is 132 Å². The number of nitrogens with one attached hydrogen (secondary N) is 1. The van der Waals surface area contributed by atoms with Crippen LogP contribution in [0.25, 0.3) is 28.0 Å². The molecule has 0 aliphatic heterocycles. The zero-order chi connectivity index (χ0) is 30.3. The third-order valence-corrected chi connectivity index (χ3v) is 7.43. The van der Waals surface area contributed by atoms with E-state index in [-0.39, 0.29) is 5.91 Å². The van der Waals surface area contributed by atoms with Crippen molar-refractivity contribution in [2.75, 3.05) is 43.4 Å². The molecule has 5 rings (SSSR count). The van der Waals surface area contributed by atoms with Gasteiger partial charge in [0.2, 0.25) is 0 Å². The molecule has 0 unspecified atom stereocenters. The van der Waals surface area contributed by atoms with Gasteiger partial charge in [-0.3, -0.25) is 4.79 Å². The van der Waals surface area contributed by atoms with Gasteiger partial charge >= 0.3 is 5.97 Å². The third kappa shape index (κ3) is 6.93. The fraction of sp³-hybridized carbons (Fsp3) is 0.135. The van der Waals surface area contributed by atoms with Crippen LogP contribution in [0.2, 0.25) is 0 Å². The Labute approximate surface area is 252 Å². The van der Waals surface area contributed by atoms with E-state index in [1.165, 1.54) is 13.2 Å². The molecule has 0 spiro atoms. The molecule has 0 aromatic heterocycles. The molecule has 0 atom stereocenters. The highest BCUT2D eigenvalue weighted by atomic mass is 16.5. The van der Waals surface area contributed by atoms with E-state index in [1.807, 2.05) is 75.7 Å². The van der Waals surface area contributed by atoms with Crippen molar-refractivity contribution >= 4 is 45.8 Å². The first-order valence-corrected chi connectivity index (χ1v) is 14.1. The normalized spacial score (nSPS) is 11.0. The molecule has 0 aliphatic rings. The predicted molar refractivity (Wildman–Crippen MR) is 178 cm³/mol. The lowest BCUT2D eigenvalue weighted by molar-refractivity contribution is -0.134.